The molecule has 0 bridgehead atoms. The van der Waals surface area contributed by atoms with Crippen LogP contribution in [0.2, 0.25) is 0 Å². The highest BCUT2D eigenvalue weighted by molar-refractivity contribution is 7.59. The van der Waals surface area contributed by atoms with Crippen molar-refractivity contribution in [2.45, 2.75) is 0 Å². The zero-order valence-corrected chi connectivity index (χ0v) is 5.46. The van der Waals surface area contributed by atoms with Gasteiger partial charge >= 0.3 is 6.03 Å². The maximum atomic E-state index is 9.00. The highest BCUT2D eigenvalue weighted by Crippen LogP contribution is 1.27. The first-order valence-corrected chi connectivity index (χ1v) is 1.48. The lowest BCUT2D eigenvalue weighted by molar-refractivity contribution is 0.256. The largest absolute Gasteiger partial charge is 0.352 e. The molecule has 9 heavy (non-hydrogen) atoms. The van der Waals surface area contributed by atoms with Crippen LogP contribution in [0.4, 0.5) is 4.79 Å². The standard InChI is InChI=1S/C2N2.CH4N2O.H2S/c3-1-2-4;2-1(3)4;/h;(H4,2,3,4);1H2. The van der Waals surface area contributed by atoms with E-state index in [2.05, 4.69) is 11.5 Å². The number of nitriles is 2. The zero-order valence-electron chi connectivity index (χ0n) is 4.46. The fraction of sp³-hybridized carbons (Fsp3) is 0. The van der Waals surface area contributed by atoms with Gasteiger partial charge < -0.3 is 11.5 Å². The molecular formula is C3H6N4OS. The Morgan fingerprint density at radius 1 is 1.22 bits per heavy atom. The summed E-state index contributed by atoms with van der Waals surface area (Å²) in [6, 6.07) is 1.64. The van der Waals surface area contributed by atoms with Crippen molar-refractivity contribution in [3.8, 4) is 12.1 Å². The Morgan fingerprint density at radius 2 is 1.33 bits per heavy atom. The van der Waals surface area contributed by atoms with Gasteiger partial charge in [-0.15, -0.1) is 0 Å². The Hall–Kier alpha value is -1.40. The summed E-state index contributed by atoms with van der Waals surface area (Å²) < 4.78 is 0. The molecule has 5 nitrogen and oxygen atoms in total. The van der Waals surface area contributed by atoms with Crippen LogP contribution in [0.3, 0.4) is 0 Å². The molecule has 0 aromatic heterocycles. The molecular weight excluding hydrogens is 140 g/mol. The van der Waals surface area contributed by atoms with E-state index in [0.717, 1.165) is 0 Å². The van der Waals surface area contributed by atoms with E-state index >= 15 is 0 Å². The summed E-state index contributed by atoms with van der Waals surface area (Å²) in [7, 11) is 0. The molecule has 0 atom stereocenters. The van der Waals surface area contributed by atoms with Gasteiger partial charge in [0.25, 0.3) is 0 Å². The SMILES string of the molecule is N#CC#N.NC(N)=O.S. The lowest BCUT2D eigenvalue weighted by Gasteiger charge is -1.62. The van der Waals surface area contributed by atoms with E-state index < -0.39 is 6.03 Å². The van der Waals surface area contributed by atoms with Crippen molar-refractivity contribution in [1.29, 1.82) is 10.5 Å². The number of amides is 2. The topological polar surface area (TPSA) is 117 Å². The predicted octanol–water partition coefficient (Wildman–Crippen LogP) is -0.830. The molecule has 0 aliphatic rings. The first kappa shape index (κ1) is 15.6. The molecule has 2 amide bonds. The van der Waals surface area contributed by atoms with E-state index in [1.807, 2.05) is 0 Å². The van der Waals surface area contributed by atoms with Gasteiger partial charge in [0.05, 0.1) is 0 Å². The molecule has 0 spiro atoms. The molecule has 0 aromatic carbocycles. The normalized spacial score (nSPS) is 3.78. The minimum Gasteiger partial charge on any atom is -0.352 e. The van der Waals surface area contributed by atoms with Crippen molar-refractivity contribution in [3.05, 3.63) is 0 Å². The van der Waals surface area contributed by atoms with E-state index in [9.17, 15) is 0 Å². The third kappa shape index (κ3) is 873. The summed E-state index contributed by atoms with van der Waals surface area (Å²) in [5, 5.41) is 14.5. The maximum absolute atomic E-state index is 9.00. The van der Waals surface area contributed by atoms with E-state index in [1.165, 1.54) is 12.1 Å². The van der Waals surface area contributed by atoms with Gasteiger partial charge in [0, 0.05) is 0 Å². The Kier molecular flexibility index (Phi) is 27.8. The van der Waals surface area contributed by atoms with Crippen LogP contribution < -0.4 is 11.5 Å². The minimum absolute atomic E-state index is 0. The van der Waals surface area contributed by atoms with Crippen molar-refractivity contribution >= 4 is 19.5 Å². The molecule has 0 aromatic rings. The summed E-state index contributed by atoms with van der Waals surface area (Å²) >= 11 is 0. The van der Waals surface area contributed by atoms with E-state index in [0.29, 0.717) is 0 Å². The number of nitrogens with zero attached hydrogens (tertiary/aromatic N) is 2. The van der Waals surface area contributed by atoms with Crippen molar-refractivity contribution in [2.24, 2.45) is 11.5 Å². The van der Waals surface area contributed by atoms with E-state index in [1.54, 1.807) is 0 Å². The molecule has 0 fully saturated rings. The van der Waals surface area contributed by atoms with Crippen molar-refractivity contribution in [3.63, 3.8) is 0 Å². The van der Waals surface area contributed by atoms with Crippen LogP contribution in [0.15, 0.2) is 0 Å². The maximum Gasteiger partial charge on any atom is 0.309 e. The van der Waals surface area contributed by atoms with Gasteiger partial charge in [-0.1, -0.05) is 0 Å². The van der Waals surface area contributed by atoms with E-state index in [4.69, 9.17) is 15.3 Å². The average Bonchev–Trinajstić information content (AvgIpc) is 1.65. The van der Waals surface area contributed by atoms with Crippen LogP contribution in [0.25, 0.3) is 0 Å². The molecule has 0 saturated carbocycles. The molecule has 0 saturated heterocycles. The van der Waals surface area contributed by atoms with Crippen LogP contribution in [-0.4, -0.2) is 6.03 Å². The third-order valence-corrected chi connectivity index (χ3v) is 0.0500. The second-order valence-electron chi connectivity index (χ2n) is 0.626. The Morgan fingerprint density at radius 3 is 1.33 bits per heavy atom. The van der Waals surface area contributed by atoms with Crippen LogP contribution in [0.5, 0.6) is 0 Å². The Balaban J connectivity index is -0.0000000720. The quantitative estimate of drug-likeness (QED) is 0.464. The van der Waals surface area contributed by atoms with Crippen LogP contribution in [0.1, 0.15) is 0 Å². The van der Waals surface area contributed by atoms with Gasteiger partial charge in [-0.3, -0.25) is 0 Å². The van der Waals surface area contributed by atoms with Crippen LogP contribution in [0, 0.1) is 22.7 Å². The molecule has 0 aliphatic heterocycles. The number of rotatable bonds is 0. The monoisotopic (exact) mass is 146 g/mol. The molecule has 50 valence electrons. The first-order valence-electron chi connectivity index (χ1n) is 1.48. The van der Waals surface area contributed by atoms with Gasteiger partial charge in [-0.2, -0.15) is 24.0 Å². The number of urea groups is 1. The summed E-state index contributed by atoms with van der Waals surface area (Å²) in [5.41, 5.74) is 8.50. The highest BCUT2D eigenvalue weighted by atomic mass is 32.1. The summed E-state index contributed by atoms with van der Waals surface area (Å²) in [6.07, 6.45) is 0. The number of hydrogen-bond donors (Lipinski definition) is 2. The first-order chi connectivity index (χ1) is 3.65. The molecule has 0 rings (SSSR count). The van der Waals surface area contributed by atoms with Gasteiger partial charge in [0.1, 0.15) is 0 Å². The summed E-state index contributed by atoms with van der Waals surface area (Å²) in [4.78, 5) is 9.00. The average molecular weight is 146 g/mol. The van der Waals surface area contributed by atoms with Gasteiger partial charge in [0.15, 0.2) is 12.1 Å². The minimum atomic E-state index is -0.833. The van der Waals surface area contributed by atoms with Crippen LogP contribution in [-0.2, 0) is 0 Å². The van der Waals surface area contributed by atoms with Crippen molar-refractivity contribution in [1.82, 2.24) is 0 Å². The molecule has 6 heteroatoms. The van der Waals surface area contributed by atoms with E-state index in [-0.39, 0.29) is 13.5 Å². The number of nitrogens with two attached hydrogens (primary N) is 2. The molecule has 0 unspecified atom stereocenters. The highest BCUT2D eigenvalue weighted by Gasteiger charge is 1.60. The molecule has 0 aliphatic carbocycles. The number of primary amides is 2. The predicted molar refractivity (Wildman–Crippen MR) is 35.4 cm³/mol. The van der Waals surface area contributed by atoms with Crippen molar-refractivity contribution < 1.29 is 4.79 Å². The van der Waals surface area contributed by atoms with Crippen molar-refractivity contribution in [2.75, 3.05) is 0 Å². The fourth-order valence-electron chi connectivity index (χ4n) is 0. The lowest BCUT2D eigenvalue weighted by atomic mass is 10.9. The number of carbonyl (C=O) groups excluding carboxylic acids is 1. The molecule has 0 radical (unpaired) electrons. The molecule has 0 heterocycles. The fourth-order valence-corrected chi connectivity index (χ4v) is 0. The second kappa shape index (κ2) is 16.0. The number of carbonyl (C=O) groups is 1. The smallest absolute Gasteiger partial charge is 0.309 e. The lowest BCUT2D eigenvalue weighted by Crippen LogP contribution is -2.18. The second-order valence-corrected chi connectivity index (χ2v) is 0.626. The zero-order chi connectivity index (χ0) is 6.99. The number of hydrogen-bond acceptors (Lipinski definition) is 3. The Labute approximate surface area is 59.3 Å². The molecule has 4 N–H and O–H groups in total. The van der Waals surface area contributed by atoms with Gasteiger partial charge in [0.2, 0.25) is 0 Å². The van der Waals surface area contributed by atoms with Gasteiger partial charge in [-0.25, -0.2) is 4.79 Å². The van der Waals surface area contributed by atoms with Gasteiger partial charge in [-0.05, 0) is 0 Å². The summed E-state index contributed by atoms with van der Waals surface area (Å²) in [6.45, 7) is 0. The Bertz CT molecular complexity index is 127. The summed E-state index contributed by atoms with van der Waals surface area (Å²) in [5.74, 6) is 0. The van der Waals surface area contributed by atoms with Crippen LogP contribution >= 0.6 is 13.5 Å². The third-order valence-electron chi connectivity index (χ3n) is 0.0500.